The Labute approximate surface area is 171 Å². The highest BCUT2D eigenvalue weighted by molar-refractivity contribution is 7.92. The van der Waals surface area contributed by atoms with E-state index in [1.807, 2.05) is 49.4 Å². The predicted octanol–water partition coefficient (Wildman–Crippen LogP) is 4.34. The van der Waals surface area contributed by atoms with Crippen LogP contribution in [-0.4, -0.2) is 14.3 Å². The minimum atomic E-state index is -3.84. The smallest absolute Gasteiger partial charge is 0.262 e. The van der Waals surface area contributed by atoms with Gasteiger partial charge in [-0.25, -0.2) is 8.42 Å². The summed E-state index contributed by atoms with van der Waals surface area (Å²) < 4.78 is 28.7. The van der Waals surface area contributed by atoms with Gasteiger partial charge in [0.15, 0.2) is 0 Å². The molecule has 0 spiro atoms. The van der Waals surface area contributed by atoms with Gasteiger partial charge in [0.2, 0.25) is 0 Å². The van der Waals surface area contributed by atoms with E-state index < -0.39 is 10.0 Å². The molecule has 0 radical (unpaired) electrons. The predicted molar refractivity (Wildman–Crippen MR) is 116 cm³/mol. The number of carbonyl (C=O) groups excluding carboxylic acids is 1. The zero-order valence-electron chi connectivity index (χ0n) is 16.7. The normalized spacial score (nSPS) is 11.1. The van der Waals surface area contributed by atoms with E-state index in [2.05, 4.69) is 10.0 Å². The zero-order chi connectivity index (χ0) is 21.0. The third kappa shape index (κ3) is 4.84. The lowest BCUT2D eigenvalue weighted by molar-refractivity contribution is 0.0952. The van der Waals surface area contributed by atoms with Crippen LogP contribution in [0.2, 0.25) is 0 Å². The van der Waals surface area contributed by atoms with Crippen LogP contribution in [-0.2, 0) is 16.6 Å². The molecule has 6 heteroatoms. The fourth-order valence-corrected chi connectivity index (χ4v) is 4.97. The molecule has 3 rings (SSSR count). The summed E-state index contributed by atoms with van der Waals surface area (Å²) in [5.74, 6) is -0.343. The lowest BCUT2D eigenvalue weighted by Gasteiger charge is -2.16. The number of aryl methyl sites for hydroxylation is 3. The van der Waals surface area contributed by atoms with Gasteiger partial charge in [0, 0.05) is 6.54 Å². The molecule has 0 saturated carbocycles. The van der Waals surface area contributed by atoms with Crippen LogP contribution in [0.15, 0.2) is 71.6 Å². The first-order valence-corrected chi connectivity index (χ1v) is 10.8. The van der Waals surface area contributed by atoms with Crippen LogP contribution in [0.3, 0.4) is 0 Å². The molecule has 0 heterocycles. The van der Waals surface area contributed by atoms with Gasteiger partial charge in [-0.05, 0) is 49.6 Å². The largest absolute Gasteiger partial charge is 0.348 e. The maximum Gasteiger partial charge on any atom is 0.262 e. The maximum atomic E-state index is 13.1. The number of nitrogens with one attached hydrogen (secondary N) is 2. The number of hydrogen-bond acceptors (Lipinski definition) is 3. The summed E-state index contributed by atoms with van der Waals surface area (Å²) in [6.45, 7) is 5.83. The molecule has 150 valence electrons. The molecular weight excluding hydrogens is 384 g/mol. The van der Waals surface area contributed by atoms with E-state index in [-0.39, 0.29) is 22.1 Å². The summed E-state index contributed by atoms with van der Waals surface area (Å²) in [5, 5.41) is 2.84. The Bertz CT molecular complexity index is 1120. The zero-order valence-corrected chi connectivity index (χ0v) is 17.5. The number of anilines is 1. The van der Waals surface area contributed by atoms with Gasteiger partial charge in [-0.3, -0.25) is 9.52 Å². The van der Waals surface area contributed by atoms with Crippen molar-refractivity contribution in [3.8, 4) is 0 Å². The van der Waals surface area contributed by atoms with E-state index >= 15 is 0 Å². The highest BCUT2D eigenvalue weighted by Gasteiger charge is 2.22. The average Bonchev–Trinajstić information content (AvgIpc) is 2.66. The fourth-order valence-electron chi connectivity index (χ4n) is 3.43. The highest BCUT2D eigenvalue weighted by Crippen LogP contribution is 2.26. The molecule has 5 nitrogen and oxygen atoms in total. The van der Waals surface area contributed by atoms with Crippen molar-refractivity contribution in [2.75, 3.05) is 4.72 Å². The van der Waals surface area contributed by atoms with Crippen LogP contribution in [0, 0.1) is 20.8 Å². The third-order valence-electron chi connectivity index (χ3n) is 4.59. The highest BCUT2D eigenvalue weighted by atomic mass is 32.2. The first kappa shape index (κ1) is 20.6. The number of rotatable bonds is 6. The number of carbonyl (C=O) groups is 1. The molecule has 0 atom stereocenters. The van der Waals surface area contributed by atoms with Gasteiger partial charge in [-0.2, -0.15) is 0 Å². The molecule has 0 unspecified atom stereocenters. The average molecular weight is 409 g/mol. The molecule has 29 heavy (non-hydrogen) atoms. The quantitative estimate of drug-likeness (QED) is 0.637. The first-order valence-electron chi connectivity index (χ1n) is 9.30. The molecule has 0 aliphatic heterocycles. The standard InChI is InChI=1S/C23H24N2O3S/c1-16-13-17(2)22(18(3)14-16)29(27,28)25-21-12-8-7-11-20(21)23(26)24-15-19-9-5-4-6-10-19/h4-14,25H,15H2,1-3H3,(H,24,26). The van der Waals surface area contributed by atoms with Crippen LogP contribution in [0.1, 0.15) is 32.6 Å². The molecule has 0 aliphatic carbocycles. The SMILES string of the molecule is Cc1cc(C)c(S(=O)(=O)Nc2ccccc2C(=O)NCc2ccccc2)c(C)c1. The van der Waals surface area contributed by atoms with E-state index in [0.29, 0.717) is 17.7 Å². The van der Waals surface area contributed by atoms with Gasteiger partial charge in [-0.15, -0.1) is 0 Å². The Balaban J connectivity index is 1.86. The number of para-hydroxylation sites is 1. The lowest BCUT2D eigenvalue weighted by atomic mass is 10.1. The minimum Gasteiger partial charge on any atom is -0.348 e. The van der Waals surface area contributed by atoms with Gasteiger partial charge < -0.3 is 5.32 Å². The topological polar surface area (TPSA) is 75.3 Å². The monoisotopic (exact) mass is 408 g/mol. The Kier molecular flexibility index (Phi) is 6.03. The van der Waals surface area contributed by atoms with Gasteiger partial charge >= 0.3 is 0 Å². The van der Waals surface area contributed by atoms with Crippen LogP contribution >= 0.6 is 0 Å². The summed E-state index contributed by atoms with van der Waals surface area (Å²) in [4.78, 5) is 12.9. The van der Waals surface area contributed by atoms with Gasteiger partial charge in [-0.1, -0.05) is 60.2 Å². The maximum absolute atomic E-state index is 13.1. The van der Waals surface area contributed by atoms with E-state index in [9.17, 15) is 13.2 Å². The number of hydrogen-bond donors (Lipinski definition) is 2. The summed E-state index contributed by atoms with van der Waals surface area (Å²) >= 11 is 0. The number of amides is 1. The molecule has 0 fully saturated rings. The first-order chi connectivity index (χ1) is 13.8. The van der Waals surface area contributed by atoms with Gasteiger partial charge in [0.05, 0.1) is 16.1 Å². The molecule has 0 saturated heterocycles. The number of benzene rings is 3. The van der Waals surface area contributed by atoms with Crippen molar-refractivity contribution in [2.45, 2.75) is 32.2 Å². The summed E-state index contributed by atoms with van der Waals surface area (Å²) in [5.41, 5.74) is 3.82. The van der Waals surface area contributed by atoms with Crippen LogP contribution < -0.4 is 10.0 Å². The van der Waals surface area contributed by atoms with E-state index in [1.54, 1.807) is 38.1 Å². The van der Waals surface area contributed by atoms with Crippen molar-refractivity contribution < 1.29 is 13.2 Å². The summed E-state index contributed by atoms with van der Waals surface area (Å²) in [6, 6.07) is 19.8. The Morgan fingerprint density at radius 2 is 1.45 bits per heavy atom. The Morgan fingerprint density at radius 1 is 0.862 bits per heavy atom. The van der Waals surface area contributed by atoms with Crippen LogP contribution in [0.25, 0.3) is 0 Å². The van der Waals surface area contributed by atoms with E-state index in [0.717, 1.165) is 11.1 Å². The van der Waals surface area contributed by atoms with Crippen molar-refractivity contribution in [1.29, 1.82) is 0 Å². The number of sulfonamides is 1. The molecular formula is C23H24N2O3S. The molecule has 1 amide bonds. The summed E-state index contributed by atoms with van der Waals surface area (Å²) in [7, 11) is -3.84. The van der Waals surface area contributed by atoms with E-state index in [4.69, 9.17) is 0 Å². The minimum absolute atomic E-state index is 0.239. The van der Waals surface area contributed by atoms with E-state index in [1.165, 1.54) is 0 Å². The summed E-state index contributed by atoms with van der Waals surface area (Å²) in [6.07, 6.45) is 0. The van der Waals surface area contributed by atoms with Crippen molar-refractivity contribution in [1.82, 2.24) is 5.32 Å². The lowest BCUT2D eigenvalue weighted by Crippen LogP contribution is -2.25. The van der Waals surface area contributed by atoms with Gasteiger partial charge in [0.25, 0.3) is 15.9 Å². The molecule has 3 aromatic rings. The van der Waals surface area contributed by atoms with Crippen molar-refractivity contribution >= 4 is 21.6 Å². The second kappa shape index (κ2) is 8.49. The molecule has 3 aromatic carbocycles. The Morgan fingerprint density at radius 3 is 2.10 bits per heavy atom. The van der Waals surface area contributed by atoms with Crippen molar-refractivity contribution in [3.63, 3.8) is 0 Å². The second-order valence-electron chi connectivity index (χ2n) is 7.05. The van der Waals surface area contributed by atoms with Crippen LogP contribution in [0.4, 0.5) is 5.69 Å². The third-order valence-corrected chi connectivity index (χ3v) is 6.26. The molecule has 0 aliphatic rings. The van der Waals surface area contributed by atoms with Crippen LogP contribution in [0.5, 0.6) is 0 Å². The van der Waals surface area contributed by atoms with Crippen molar-refractivity contribution in [2.24, 2.45) is 0 Å². The molecule has 0 bridgehead atoms. The fraction of sp³-hybridized carbons (Fsp3) is 0.174. The van der Waals surface area contributed by atoms with Gasteiger partial charge in [0.1, 0.15) is 0 Å². The van der Waals surface area contributed by atoms with Crippen molar-refractivity contribution in [3.05, 3.63) is 94.5 Å². The molecule has 0 aromatic heterocycles. The second-order valence-corrected chi connectivity index (χ2v) is 8.67. The molecule has 2 N–H and O–H groups in total. The Hall–Kier alpha value is -3.12.